The van der Waals surface area contributed by atoms with Gasteiger partial charge in [0, 0.05) is 18.3 Å². The Morgan fingerprint density at radius 3 is 2.73 bits per heavy atom. The van der Waals surface area contributed by atoms with Gasteiger partial charge in [0.05, 0.1) is 13.7 Å². The molecule has 3 N–H and O–H groups in total. The van der Waals surface area contributed by atoms with E-state index in [2.05, 4.69) is 5.32 Å². The minimum absolute atomic E-state index is 0.328. The number of alkyl halides is 2. The van der Waals surface area contributed by atoms with Gasteiger partial charge in [0.25, 0.3) is 6.43 Å². The van der Waals surface area contributed by atoms with Crippen LogP contribution in [-0.2, 0) is 6.54 Å². The Balaban J connectivity index is 2.54. The van der Waals surface area contributed by atoms with Gasteiger partial charge >= 0.3 is 0 Å². The maximum absolute atomic E-state index is 11.8. The van der Waals surface area contributed by atoms with E-state index in [-0.39, 0.29) is 6.54 Å². The molecule has 0 aliphatic rings. The summed E-state index contributed by atoms with van der Waals surface area (Å²) < 4.78 is 28.7. The summed E-state index contributed by atoms with van der Waals surface area (Å²) in [6, 6.07) is 5.17. The van der Waals surface area contributed by atoms with Crippen molar-refractivity contribution in [1.82, 2.24) is 5.32 Å². The quantitative estimate of drug-likeness (QED) is 0.735. The van der Waals surface area contributed by atoms with Crippen LogP contribution in [0.4, 0.5) is 14.5 Å². The van der Waals surface area contributed by atoms with Gasteiger partial charge in [0.2, 0.25) is 0 Å². The first-order valence-electron chi connectivity index (χ1n) is 4.54. The van der Waals surface area contributed by atoms with Gasteiger partial charge in [-0.15, -0.1) is 0 Å². The van der Waals surface area contributed by atoms with Crippen molar-refractivity contribution in [3.8, 4) is 5.75 Å². The molecule has 0 spiro atoms. The molecule has 1 aromatic rings. The molecule has 0 atom stereocenters. The number of methoxy groups -OCH3 is 1. The Bertz CT molecular complexity index is 318. The van der Waals surface area contributed by atoms with Crippen molar-refractivity contribution in [3.63, 3.8) is 0 Å². The molecule has 0 saturated heterocycles. The molecule has 0 heterocycles. The van der Waals surface area contributed by atoms with Crippen LogP contribution in [0.3, 0.4) is 0 Å². The van der Waals surface area contributed by atoms with Crippen LogP contribution in [-0.4, -0.2) is 20.1 Å². The van der Waals surface area contributed by atoms with E-state index in [9.17, 15) is 8.78 Å². The van der Waals surface area contributed by atoms with Gasteiger partial charge < -0.3 is 15.8 Å². The van der Waals surface area contributed by atoms with Gasteiger partial charge in [0.15, 0.2) is 0 Å². The maximum Gasteiger partial charge on any atom is 0.250 e. The van der Waals surface area contributed by atoms with Gasteiger partial charge in [-0.1, -0.05) is 6.07 Å². The van der Waals surface area contributed by atoms with Crippen molar-refractivity contribution in [1.29, 1.82) is 0 Å². The fourth-order valence-corrected chi connectivity index (χ4v) is 1.18. The van der Waals surface area contributed by atoms with Crippen LogP contribution in [0.2, 0.25) is 0 Å². The summed E-state index contributed by atoms with van der Waals surface area (Å²) in [5.41, 5.74) is 7.03. The van der Waals surface area contributed by atoms with E-state index in [1.807, 2.05) is 0 Å². The van der Waals surface area contributed by atoms with Gasteiger partial charge in [-0.3, -0.25) is 0 Å². The Kier molecular flexibility index (Phi) is 4.30. The lowest BCUT2D eigenvalue weighted by Crippen LogP contribution is -2.21. The van der Waals surface area contributed by atoms with Crippen LogP contribution >= 0.6 is 0 Å². The number of nitrogen functional groups attached to an aromatic ring is 1. The number of nitrogens with two attached hydrogens (primary N) is 1. The number of benzene rings is 1. The third-order valence-electron chi connectivity index (χ3n) is 1.97. The molecule has 3 nitrogen and oxygen atoms in total. The summed E-state index contributed by atoms with van der Waals surface area (Å²) in [7, 11) is 1.55. The normalized spacial score (nSPS) is 10.7. The van der Waals surface area contributed by atoms with Gasteiger partial charge in [-0.25, -0.2) is 8.78 Å². The third-order valence-corrected chi connectivity index (χ3v) is 1.97. The topological polar surface area (TPSA) is 47.3 Å². The fraction of sp³-hybridized carbons (Fsp3) is 0.400. The second kappa shape index (κ2) is 5.50. The minimum atomic E-state index is -2.34. The van der Waals surface area contributed by atoms with Crippen molar-refractivity contribution in [3.05, 3.63) is 23.8 Å². The molecule has 0 amide bonds. The zero-order valence-electron chi connectivity index (χ0n) is 8.47. The smallest absolute Gasteiger partial charge is 0.250 e. The van der Waals surface area contributed by atoms with E-state index in [4.69, 9.17) is 10.5 Å². The van der Waals surface area contributed by atoms with Crippen molar-refractivity contribution in [2.75, 3.05) is 19.4 Å². The molecular formula is C10H14F2N2O. The highest BCUT2D eigenvalue weighted by Gasteiger charge is 2.04. The first-order chi connectivity index (χ1) is 7.13. The first-order valence-corrected chi connectivity index (χ1v) is 4.54. The number of nitrogens with one attached hydrogen (secondary N) is 1. The Morgan fingerprint density at radius 2 is 2.20 bits per heavy atom. The first kappa shape index (κ1) is 11.7. The summed E-state index contributed by atoms with van der Waals surface area (Å²) in [4.78, 5) is 0. The maximum atomic E-state index is 11.8. The predicted molar refractivity (Wildman–Crippen MR) is 55.1 cm³/mol. The second-order valence-electron chi connectivity index (χ2n) is 3.09. The van der Waals surface area contributed by atoms with Gasteiger partial charge in [0.1, 0.15) is 5.75 Å². The molecule has 84 valence electrons. The summed E-state index contributed by atoms with van der Waals surface area (Å²) >= 11 is 0. The molecule has 0 saturated carbocycles. The van der Waals surface area contributed by atoms with Crippen LogP contribution in [0.1, 0.15) is 5.56 Å². The molecule has 0 aliphatic carbocycles. The Labute approximate surface area is 87.2 Å². The fourth-order valence-electron chi connectivity index (χ4n) is 1.18. The van der Waals surface area contributed by atoms with Crippen molar-refractivity contribution in [2.24, 2.45) is 0 Å². The van der Waals surface area contributed by atoms with E-state index in [0.29, 0.717) is 18.0 Å². The van der Waals surface area contributed by atoms with E-state index >= 15 is 0 Å². The second-order valence-corrected chi connectivity index (χ2v) is 3.09. The number of halogens is 2. The molecule has 0 aliphatic heterocycles. The molecule has 5 heteroatoms. The lowest BCUT2D eigenvalue weighted by atomic mass is 10.1. The van der Waals surface area contributed by atoms with E-state index < -0.39 is 6.43 Å². The molecule has 15 heavy (non-hydrogen) atoms. The monoisotopic (exact) mass is 216 g/mol. The molecule has 1 rings (SSSR count). The average Bonchev–Trinajstić information content (AvgIpc) is 2.20. The number of rotatable bonds is 5. The molecule has 0 bridgehead atoms. The number of hydrogen-bond donors (Lipinski definition) is 2. The van der Waals surface area contributed by atoms with Gasteiger partial charge in [-0.2, -0.15) is 0 Å². The highest BCUT2D eigenvalue weighted by Crippen LogP contribution is 2.19. The van der Waals surface area contributed by atoms with E-state index in [1.54, 1.807) is 25.3 Å². The summed E-state index contributed by atoms with van der Waals surface area (Å²) in [5.74, 6) is 0.658. The minimum Gasteiger partial charge on any atom is -0.497 e. The Hall–Kier alpha value is -1.36. The highest BCUT2D eigenvalue weighted by molar-refractivity contribution is 5.51. The standard InChI is InChI=1S/C10H14F2N2O/c1-15-8-3-2-7(9(13)4-8)5-14-6-10(11)12/h2-4,10,14H,5-6,13H2,1H3. The number of hydrogen-bond acceptors (Lipinski definition) is 3. The molecular weight excluding hydrogens is 202 g/mol. The lowest BCUT2D eigenvalue weighted by Gasteiger charge is -2.08. The predicted octanol–water partition coefficient (Wildman–Crippen LogP) is 1.63. The molecule has 1 aromatic carbocycles. The average molecular weight is 216 g/mol. The third kappa shape index (κ3) is 3.71. The SMILES string of the molecule is COc1ccc(CNCC(F)F)c(N)c1. The van der Waals surface area contributed by atoms with Crippen molar-refractivity contribution >= 4 is 5.69 Å². The summed E-state index contributed by atoms with van der Waals surface area (Å²) in [6.45, 7) is 0.00559. The number of ether oxygens (including phenoxy) is 1. The van der Waals surface area contributed by atoms with E-state index in [0.717, 1.165) is 5.56 Å². The Morgan fingerprint density at radius 1 is 1.47 bits per heavy atom. The summed E-state index contributed by atoms with van der Waals surface area (Å²) in [5, 5.41) is 2.61. The van der Waals surface area contributed by atoms with Crippen LogP contribution in [0, 0.1) is 0 Å². The van der Waals surface area contributed by atoms with Crippen LogP contribution < -0.4 is 15.8 Å². The number of anilines is 1. The molecule has 0 radical (unpaired) electrons. The van der Waals surface area contributed by atoms with Crippen LogP contribution in [0.15, 0.2) is 18.2 Å². The molecule has 0 aromatic heterocycles. The van der Waals surface area contributed by atoms with Gasteiger partial charge in [-0.05, 0) is 11.6 Å². The van der Waals surface area contributed by atoms with Crippen LogP contribution in [0.5, 0.6) is 5.75 Å². The van der Waals surface area contributed by atoms with Crippen LogP contribution in [0.25, 0.3) is 0 Å². The zero-order valence-corrected chi connectivity index (χ0v) is 8.47. The highest BCUT2D eigenvalue weighted by atomic mass is 19.3. The van der Waals surface area contributed by atoms with Crippen molar-refractivity contribution < 1.29 is 13.5 Å². The zero-order chi connectivity index (χ0) is 11.3. The lowest BCUT2D eigenvalue weighted by molar-refractivity contribution is 0.145. The summed E-state index contributed by atoms with van der Waals surface area (Å²) in [6.07, 6.45) is -2.34. The molecule has 0 fully saturated rings. The van der Waals surface area contributed by atoms with Crippen molar-refractivity contribution in [2.45, 2.75) is 13.0 Å². The van der Waals surface area contributed by atoms with E-state index in [1.165, 1.54) is 0 Å². The largest absolute Gasteiger partial charge is 0.497 e. The molecule has 0 unspecified atom stereocenters.